The average Bonchev–Trinajstić information content (AvgIpc) is 3.68. The van der Waals surface area contributed by atoms with Crippen LogP contribution >= 0.6 is 22.9 Å². The number of thiophene rings is 1. The van der Waals surface area contributed by atoms with Gasteiger partial charge in [0.1, 0.15) is 47.4 Å². The molecular weight excluding hydrogens is 831 g/mol. The molecule has 3 aromatic heterocycles. The van der Waals surface area contributed by atoms with Crippen molar-refractivity contribution in [2.75, 3.05) is 53.5 Å². The molecule has 1 fully saturated rings. The predicted molar refractivity (Wildman–Crippen MR) is 237 cm³/mol. The van der Waals surface area contributed by atoms with E-state index in [2.05, 4.69) is 26.9 Å². The first-order chi connectivity index (χ1) is 30.2. The van der Waals surface area contributed by atoms with Crippen LogP contribution in [0.3, 0.4) is 0 Å². The smallest absolute Gasteiger partial charge is 0.345 e. The summed E-state index contributed by atoms with van der Waals surface area (Å²) in [6.45, 7) is 7.52. The Kier molecular flexibility index (Phi) is 13.2. The van der Waals surface area contributed by atoms with Gasteiger partial charge in [0.2, 0.25) is 12.0 Å². The fourth-order valence-corrected chi connectivity index (χ4v) is 8.83. The molecular formula is C47H45ClFN6O6S+. The summed E-state index contributed by atoms with van der Waals surface area (Å²) in [5.41, 5.74) is 4.88. The van der Waals surface area contributed by atoms with Gasteiger partial charge in [-0.2, -0.15) is 0 Å². The topological polar surface area (TPSA) is 133 Å². The summed E-state index contributed by atoms with van der Waals surface area (Å²) < 4.78 is 38.6. The Morgan fingerprint density at radius 2 is 1.68 bits per heavy atom. The molecule has 1 aliphatic heterocycles. The van der Waals surface area contributed by atoms with Gasteiger partial charge in [-0.1, -0.05) is 60.1 Å². The lowest BCUT2D eigenvalue weighted by atomic mass is 9.96. The third-order valence-electron chi connectivity index (χ3n) is 10.9. The third-order valence-corrected chi connectivity index (χ3v) is 12.5. The van der Waals surface area contributed by atoms with Crippen molar-refractivity contribution < 1.29 is 38.1 Å². The number of ether oxygens (including phenoxy) is 4. The van der Waals surface area contributed by atoms with E-state index in [0.717, 1.165) is 59.9 Å². The predicted octanol–water partition coefficient (Wildman–Crippen LogP) is 7.45. The molecule has 4 heterocycles. The monoisotopic (exact) mass is 875 g/mol. The maximum atomic E-state index is 14.2. The van der Waals surface area contributed by atoms with Crippen LogP contribution in [0.25, 0.3) is 43.2 Å². The molecule has 0 amide bonds. The minimum atomic E-state index is -1.38. The van der Waals surface area contributed by atoms with Crippen LogP contribution in [0, 0.1) is 12.7 Å². The Hall–Kier alpha value is -6.19. The average molecular weight is 876 g/mol. The zero-order valence-electron chi connectivity index (χ0n) is 34.4. The summed E-state index contributed by atoms with van der Waals surface area (Å²) in [7, 11) is 3.81. The van der Waals surface area contributed by atoms with Crippen molar-refractivity contribution in [3.05, 3.63) is 131 Å². The highest BCUT2D eigenvalue weighted by Gasteiger charge is 2.28. The number of nitrogens with one attached hydrogen (secondary N) is 1. The molecule has 0 unspecified atom stereocenters. The number of nitrogens with zero attached hydrogens (tertiary/aromatic N) is 5. The zero-order valence-corrected chi connectivity index (χ0v) is 36.0. The highest BCUT2D eigenvalue weighted by molar-refractivity contribution is 7.22. The number of aromatic nitrogens is 4. The fourth-order valence-electron chi connectivity index (χ4n) is 7.46. The molecule has 0 radical (unpaired) electrons. The number of benzene rings is 4. The van der Waals surface area contributed by atoms with Crippen LogP contribution in [0.1, 0.15) is 16.8 Å². The van der Waals surface area contributed by atoms with Gasteiger partial charge in [-0.15, -0.1) is 11.3 Å². The van der Waals surface area contributed by atoms with Gasteiger partial charge in [-0.25, -0.2) is 29.1 Å². The quantitative estimate of drug-likeness (QED) is 0.100. The van der Waals surface area contributed by atoms with E-state index in [1.807, 2.05) is 55.5 Å². The lowest BCUT2D eigenvalue weighted by molar-refractivity contribution is -0.884. The molecule has 4 aromatic carbocycles. The maximum absolute atomic E-state index is 14.2. The van der Waals surface area contributed by atoms with Crippen molar-refractivity contribution in [3.8, 4) is 56.1 Å². The minimum Gasteiger partial charge on any atom is -0.496 e. The Morgan fingerprint density at radius 1 is 0.919 bits per heavy atom. The number of rotatable bonds is 16. The van der Waals surface area contributed by atoms with E-state index < -0.39 is 12.1 Å². The minimum absolute atomic E-state index is 0.0519. The van der Waals surface area contributed by atoms with Gasteiger partial charge in [-0.05, 0) is 71.6 Å². The number of carbonyl (C=O) groups is 1. The molecule has 1 aliphatic rings. The largest absolute Gasteiger partial charge is 0.496 e. The van der Waals surface area contributed by atoms with Crippen molar-refractivity contribution in [3.63, 3.8) is 0 Å². The van der Waals surface area contributed by atoms with Gasteiger partial charge in [0.25, 0.3) is 0 Å². The molecule has 1 atom stereocenters. The summed E-state index contributed by atoms with van der Waals surface area (Å²) in [5.74, 6) is 0.676. The summed E-state index contributed by atoms with van der Waals surface area (Å²) in [6, 6.07) is 26.4. The van der Waals surface area contributed by atoms with E-state index >= 15 is 0 Å². The zero-order chi connectivity index (χ0) is 43.2. The van der Waals surface area contributed by atoms with Gasteiger partial charge in [0.15, 0.2) is 5.82 Å². The molecule has 8 rings (SSSR count). The van der Waals surface area contributed by atoms with Gasteiger partial charge in [0, 0.05) is 42.7 Å². The van der Waals surface area contributed by atoms with E-state index in [1.54, 1.807) is 43.6 Å². The van der Waals surface area contributed by atoms with Crippen molar-refractivity contribution in [2.45, 2.75) is 26.1 Å². The number of para-hydroxylation sites is 2. The molecule has 12 nitrogen and oxygen atoms in total. The van der Waals surface area contributed by atoms with Gasteiger partial charge in [-0.3, -0.25) is 4.90 Å². The van der Waals surface area contributed by atoms with Gasteiger partial charge >= 0.3 is 5.97 Å². The van der Waals surface area contributed by atoms with E-state index in [1.165, 1.54) is 34.7 Å². The SMILES string of the molecule is COc1ccccc1-c1nccc(COc2ccccc2C[C@@H](Oc2ncnc3sc(-c4ccc(F)cc4)c(-c4ccc(OCCN5CC[NH+](C)CC5)c(Cl)c4C)c23)C(=O)O)n1. The maximum Gasteiger partial charge on any atom is 0.345 e. The number of quaternary nitrogens is 1. The molecule has 318 valence electrons. The van der Waals surface area contributed by atoms with Crippen LogP contribution in [0.15, 0.2) is 104 Å². The molecule has 0 bridgehead atoms. The number of hydrogen-bond donors (Lipinski definition) is 2. The molecule has 7 aromatic rings. The summed E-state index contributed by atoms with van der Waals surface area (Å²) in [5, 5.41) is 11.6. The Labute approximate surface area is 367 Å². The number of piperazine rings is 1. The second-order valence-corrected chi connectivity index (χ2v) is 16.4. The molecule has 15 heteroatoms. The normalized spacial score (nSPS) is 13.8. The number of carboxylic acids is 1. The van der Waals surface area contributed by atoms with Gasteiger partial charge in [0.05, 0.1) is 48.9 Å². The highest BCUT2D eigenvalue weighted by atomic mass is 35.5. The summed E-state index contributed by atoms with van der Waals surface area (Å²) >= 11 is 8.43. The Bertz CT molecular complexity index is 2690. The summed E-state index contributed by atoms with van der Waals surface area (Å²) in [4.78, 5) is 36.5. The molecule has 0 saturated carbocycles. The lowest BCUT2D eigenvalue weighted by Crippen LogP contribution is -3.12. The number of carboxylic acid groups (broad SMARTS) is 1. The number of methoxy groups -OCH3 is 1. The second kappa shape index (κ2) is 19.2. The highest BCUT2D eigenvalue weighted by Crippen LogP contribution is 2.49. The van der Waals surface area contributed by atoms with Crippen LogP contribution in [0.4, 0.5) is 4.39 Å². The number of hydrogen-bond acceptors (Lipinski definition) is 11. The van der Waals surface area contributed by atoms with Crippen molar-refractivity contribution in [1.29, 1.82) is 0 Å². The van der Waals surface area contributed by atoms with Crippen molar-refractivity contribution in [2.24, 2.45) is 0 Å². The van der Waals surface area contributed by atoms with E-state index in [9.17, 15) is 14.3 Å². The standard InChI is InChI=1S/C47H44ClFN6O6S/c1-29-34(16-17-38(42(29)48)59-25-24-55-22-20-54(2)21-23-55)40-41-45(51-28-52-46(41)62-43(40)30-12-14-32(49)15-13-30)61-39(47(56)57)26-31-8-4-6-10-36(31)60-27-33-18-19-50-44(53-33)35-9-5-7-11-37(35)58-3/h4-19,28,39H,20-27H2,1-3H3,(H,56,57)/p+1/t39-/m1/s1. The third kappa shape index (κ3) is 9.48. The molecule has 2 N–H and O–H groups in total. The number of aliphatic carboxylic acids is 1. The molecule has 0 aliphatic carbocycles. The van der Waals surface area contributed by atoms with E-state index in [0.29, 0.717) is 61.7 Å². The van der Waals surface area contributed by atoms with Crippen LogP contribution in [-0.4, -0.2) is 95.5 Å². The van der Waals surface area contributed by atoms with Gasteiger partial charge < -0.3 is 29.0 Å². The summed E-state index contributed by atoms with van der Waals surface area (Å²) in [6.07, 6.45) is 1.58. The Morgan fingerprint density at radius 3 is 2.45 bits per heavy atom. The Balaban J connectivity index is 1.08. The van der Waals surface area contributed by atoms with E-state index in [-0.39, 0.29) is 24.7 Å². The fraction of sp³-hybridized carbons (Fsp3) is 0.255. The number of fused-ring (bicyclic) bond motifs is 1. The molecule has 1 saturated heterocycles. The van der Waals surface area contributed by atoms with Crippen LogP contribution in [-0.2, 0) is 17.8 Å². The first kappa shape index (κ1) is 42.5. The first-order valence-electron chi connectivity index (χ1n) is 20.2. The van der Waals surface area contributed by atoms with Crippen molar-refractivity contribution >= 4 is 39.1 Å². The van der Waals surface area contributed by atoms with Crippen LogP contribution in [0.5, 0.6) is 23.1 Å². The molecule has 0 spiro atoms. The number of halogens is 2. The number of likely N-dealkylation sites (N-methyl/N-ethyl adjacent to an activating group) is 1. The van der Waals surface area contributed by atoms with Crippen LogP contribution < -0.4 is 23.8 Å². The van der Waals surface area contributed by atoms with E-state index in [4.69, 9.17) is 35.5 Å². The molecule has 62 heavy (non-hydrogen) atoms. The first-order valence-corrected chi connectivity index (χ1v) is 21.4. The second-order valence-electron chi connectivity index (χ2n) is 15.0. The lowest BCUT2D eigenvalue weighted by Gasteiger charge is -2.29. The van der Waals surface area contributed by atoms with Crippen LogP contribution in [0.2, 0.25) is 5.02 Å². The van der Waals surface area contributed by atoms with Crippen molar-refractivity contribution in [1.82, 2.24) is 24.8 Å².